The lowest BCUT2D eigenvalue weighted by Crippen LogP contribution is -1.91. The van der Waals surface area contributed by atoms with Gasteiger partial charge in [0.25, 0.3) is 0 Å². The number of furan rings is 2. The molecule has 246 valence electrons. The molecule has 0 saturated carbocycles. The molecule has 0 saturated heterocycles. The molecular weight excluding hydrogens is 665 g/mol. The third-order valence-electron chi connectivity index (χ3n) is 11.1. The van der Waals surface area contributed by atoms with Gasteiger partial charge in [0, 0.05) is 58.6 Å². The van der Waals surface area contributed by atoms with Crippen molar-refractivity contribution in [1.29, 1.82) is 0 Å². The molecule has 12 aromatic rings. The quantitative estimate of drug-likeness (QED) is 0.172. The number of benzene rings is 9. The first-order chi connectivity index (χ1) is 26.3. The minimum Gasteiger partial charge on any atom is -0.455 e. The van der Waals surface area contributed by atoms with E-state index in [1.807, 2.05) is 11.3 Å². The second-order valence-electron chi connectivity index (χ2n) is 13.9. The fourth-order valence-corrected chi connectivity index (χ4v) is 9.96. The summed E-state index contributed by atoms with van der Waals surface area (Å²) in [5.41, 5.74) is 8.35. The lowest BCUT2D eigenvalue weighted by molar-refractivity contribution is 0.637. The van der Waals surface area contributed by atoms with Crippen LogP contribution in [-0.4, -0.2) is 0 Å². The Morgan fingerprint density at radius 2 is 0.981 bits per heavy atom. The van der Waals surface area contributed by atoms with Crippen LogP contribution in [-0.2, 0) is 0 Å². The van der Waals surface area contributed by atoms with Gasteiger partial charge in [0.05, 0.1) is 0 Å². The first-order valence-electron chi connectivity index (χ1n) is 18.0. The van der Waals surface area contributed by atoms with E-state index in [0.29, 0.717) is 0 Å². The van der Waals surface area contributed by atoms with Gasteiger partial charge in [0.2, 0.25) is 0 Å². The van der Waals surface area contributed by atoms with Gasteiger partial charge in [0.15, 0.2) is 0 Å². The predicted octanol–water partition coefficient (Wildman–Crippen LogP) is 15.2. The summed E-state index contributed by atoms with van der Waals surface area (Å²) in [6, 6.07) is 61.0. The minimum atomic E-state index is 0.890. The monoisotopic (exact) mass is 692 g/mol. The lowest BCUT2D eigenvalue weighted by atomic mass is 9.85. The normalized spacial score (nSPS) is 12.2. The highest BCUT2D eigenvalue weighted by molar-refractivity contribution is 7.26. The summed E-state index contributed by atoms with van der Waals surface area (Å²) in [6.45, 7) is 0. The molecule has 53 heavy (non-hydrogen) atoms. The predicted molar refractivity (Wildman–Crippen MR) is 225 cm³/mol. The molecule has 0 amide bonds. The zero-order valence-electron chi connectivity index (χ0n) is 28.4. The Labute approximate surface area is 307 Å². The van der Waals surface area contributed by atoms with E-state index in [-0.39, 0.29) is 0 Å². The van der Waals surface area contributed by atoms with Crippen molar-refractivity contribution in [1.82, 2.24) is 0 Å². The molecular formula is C50H28O2S. The Kier molecular flexibility index (Phi) is 5.96. The Morgan fingerprint density at radius 3 is 1.75 bits per heavy atom. The molecule has 0 bridgehead atoms. The van der Waals surface area contributed by atoms with Crippen molar-refractivity contribution in [3.63, 3.8) is 0 Å². The van der Waals surface area contributed by atoms with Gasteiger partial charge in [-0.05, 0) is 62.1 Å². The van der Waals surface area contributed by atoms with Gasteiger partial charge in [-0.1, -0.05) is 146 Å². The van der Waals surface area contributed by atoms with Gasteiger partial charge < -0.3 is 8.83 Å². The average Bonchev–Trinajstić information content (AvgIpc) is 3.92. The van der Waals surface area contributed by atoms with Gasteiger partial charge >= 0.3 is 0 Å². The number of hydrogen-bond acceptors (Lipinski definition) is 3. The van der Waals surface area contributed by atoms with E-state index in [0.717, 1.165) is 88.0 Å². The standard InChI is InChI=1S/C50H28O2S/c1-2-14-30(15-3-1)43-39-26-28-42-47(36-21-10-11-24-41(36)53-42)49(39)52-50(43)46-34-19-8-6-17-32(34)44(33-18-7-9-20-35(33)46)37-22-12-23-38-45-31-16-5-4-13-29(31)25-27-40(45)51-48(37)38/h1-28H. The molecule has 0 radical (unpaired) electrons. The topological polar surface area (TPSA) is 26.3 Å². The third kappa shape index (κ3) is 4.03. The van der Waals surface area contributed by atoms with E-state index in [2.05, 4.69) is 170 Å². The Bertz CT molecular complexity index is 3390. The van der Waals surface area contributed by atoms with Crippen LogP contribution in [0.4, 0.5) is 0 Å². The van der Waals surface area contributed by atoms with Crippen LogP contribution >= 0.6 is 11.3 Å². The van der Waals surface area contributed by atoms with Crippen LogP contribution < -0.4 is 0 Å². The highest BCUT2D eigenvalue weighted by Crippen LogP contribution is 2.52. The molecule has 3 heterocycles. The van der Waals surface area contributed by atoms with E-state index in [1.54, 1.807) is 0 Å². The maximum atomic E-state index is 7.32. The zero-order valence-corrected chi connectivity index (χ0v) is 29.2. The summed E-state index contributed by atoms with van der Waals surface area (Å²) in [7, 11) is 0. The largest absolute Gasteiger partial charge is 0.455 e. The minimum absolute atomic E-state index is 0.890. The van der Waals surface area contributed by atoms with E-state index >= 15 is 0 Å². The van der Waals surface area contributed by atoms with Gasteiger partial charge in [-0.3, -0.25) is 0 Å². The first-order valence-corrected chi connectivity index (χ1v) is 18.8. The van der Waals surface area contributed by atoms with Crippen molar-refractivity contribution in [2.45, 2.75) is 0 Å². The second kappa shape index (κ2) is 10.9. The number of thiophene rings is 1. The molecule has 3 aromatic heterocycles. The van der Waals surface area contributed by atoms with Crippen LogP contribution in [0, 0.1) is 0 Å². The van der Waals surface area contributed by atoms with E-state index in [4.69, 9.17) is 8.83 Å². The molecule has 0 fully saturated rings. The molecule has 0 unspecified atom stereocenters. The van der Waals surface area contributed by atoms with Crippen LogP contribution in [0.3, 0.4) is 0 Å². The van der Waals surface area contributed by atoms with Crippen LogP contribution in [0.1, 0.15) is 0 Å². The van der Waals surface area contributed by atoms with Crippen molar-refractivity contribution in [2.24, 2.45) is 0 Å². The van der Waals surface area contributed by atoms with Crippen LogP contribution in [0.25, 0.3) is 119 Å². The lowest BCUT2D eigenvalue weighted by Gasteiger charge is -2.17. The third-order valence-corrected chi connectivity index (χ3v) is 12.2. The Hall–Kier alpha value is -6.68. The number of hydrogen-bond donors (Lipinski definition) is 0. The summed E-state index contributed by atoms with van der Waals surface area (Å²) < 4.78 is 16.6. The number of para-hydroxylation sites is 1. The van der Waals surface area contributed by atoms with Crippen LogP contribution in [0.15, 0.2) is 179 Å². The molecule has 2 nitrogen and oxygen atoms in total. The van der Waals surface area contributed by atoms with Crippen molar-refractivity contribution >= 4 is 96.7 Å². The molecule has 0 spiro atoms. The van der Waals surface area contributed by atoms with Crippen molar-refractivity contribution < 1.29 is 8.83 Å². The smallest absolute Gasteiger partial charge is 0.144 e. The summed E-state index contributed by atoms with van der Waals surface area (Å²) in [6.07, 6.45) is 0. The Balaban J connectivity index is 1.23. The first kappa shape index (κ1) is 29.0. The van der Waals surface area contributed by atoms with Gasteiger partial charge in [-0.15, -0.1) is 11.3 Å². The number of rotatable bonds is 3. The zero-order chi connectivity index (χ0) is 34.6. The molecule has 9 aromatic carbocycles. The molecule has 0 aliphatic heterocycles. The highest BCUT2D eigenvalue weighted by atomic mass is 32.1. The maximum Gasteiger partial charge on any atom is 0.144 e. The highest BCUT2D eigenvalue weighted by Gasteiger charge is 2.26. The van der Waals surface area contributed by atoms with Crippen LogP contribution in [0.2, 0.25) is 0 Å². The van der Waals surface area contributed by atoms with Gasteiger partial charge in [-0.2, -0.15) is 0 Å². The van der Waals surface area contributed by atoms with Gasteiger partial charge in [-0.25, -0.2) is 0 Å². The molecule has 0 N–H and O–H groups in total. The molecule has 0 atom stereocenters. The molecule has 12 rings (SSSR count). The van der Waals surface area contributed by atoms with Crippen molar-refractivity contribution in [3.8, 4) is 33.6 Å². The van der Waals surface area contributed by atoms with Crippen molar-refractivity contribution in [3.05, 3.63) is 170 Å². The van der Waals surface area contributed by atoms with E-state index in [9.17, 15) is 0 Å². The van der Waals surface area contributed by atoms with E-state index < -0.39 is 0 Å². The molecule has 3 heteroatoms. The summed E-state index contributed by atoms with van der Waals surface area (Å²) in [5, 5.41) is 12.8. The summed E-state index contributed by atoms with van der Waals surface area (Å²) >= 11 is 1.82. The average molecular weight is 693 g/mol. The second-order valence-corrected chi connectivity index (χ2v) is 15.0. The molecule has 0 aliphatic rings. The Morgan fingerprint density at radius 1 is 0.340 bits per heavy atom. The van der Waals surface area contributed by atoms with Crippen molar-refractivity contribution in [2.75, 3.05) is 0 Å². The SMILES string of the molecule is c1ccc(-c2c(-c3c4ccccc4c(-c4cccc5c4oc4ccc6ccccc6c45)c4ccccc34)oc3c2ccc2sc4ccccc4c23)cc1. The summed E-state index contributed by atoms with van der Waals surface area (Å²) in [4.78, 5) is 0. The van der Waals surface area contributed by atoms with E-state index in [1.165, 1.54) is 30.9 Å². The van der Waals surface area contributed by atoms with Crippen LogP contribution in [0.5, 0.6) is 0 Å². The summed E-state index contributed by atoms with van der Waals surface area (Å²) in [5.74, 6) is 0.890. The number of fused-ring (bicyclic) bond motifs is 12. The van der Waals surface area contributed by atoms with Gasteiger partial charge in [0.1, 0.15) is 22.5 Å². The molecule has 0 aliphatic carbocycles. The fourth-order valence-electron chi connectivity index (χ4n) is 8.86. The fraction of sp³-hybridized carbons (Fsp3) is 0. The maximum absolute atomic E-state index is 7.32.